The second kappa shape index (κ2) is 6.44. The summed E-state index contributed by atoms with van der Waals surface area (Å²) in [5, 5.41) is 0.735. The number of halogens is 1. The van der Waals surface area contributed by atoms with Gasteiger partial charge >= 0.3 is 0 Å². The minimum absolute atomic E-state index is 0.150. The Morgan fingerprint density at radius 2 is 2.00 bits per heavy atom. The van der Waals surface area contributed by atoms with Crippen LogP contribution < -0.4 is 10.5 Å². The normalized spacial score (nSPS) is 28.1. The number of hydrogen-bond acceptors (Lipinski definition) is 2. The molecule has 3 atom stereocenters. The fourth-order valence-electron chi connectivity index (χ4n) is 2.73. The molecule has 1 saturated carbocycles. The van der Waals surface area contributed by atoms with Crippen molar-refractivity contribution in [2.24, 2.45) is 11.7 Å². The molecule has 3 heteroatoms. The number of rotatable bonds is 4. The van der Waals surface area contributed by atoms with Gasteiger partial charge in [-0.1, -0.05) is 31.4 Å². The van der Waals surface area contributed by atoms with E-state index in [2.05, 4.69) is 6.92 Å². The van der Waals surface area contributed by atoms with Gasteiger partial charge in [-0.05, 0) is 49.4 Å². The number of benzene rings is 1. The molecule has 0 heterocycles. The molecule has 0 saturated heterocycles. The number of nitrogens with two attached hydrogens (primary N) is 1. The molecule has 0 radical (unpaired) electrons. The quantitative estimate of drug-likeness (QED) is 0.894. The van der Waals surface area contributed by atoms with Gasteiger partial charge in [-0.25, -0.2) is 0 Å². The highest BCUT2D eigenvalue weighted by atomic mass is 35.5. The van der Waals surface area contributed by atoms with E-state index in [1.165, 1.54) is 19.3 Å². The first-order valence-electron chi connectivity index (χ1n) is 6.87. The van der Waals surface area contributed by atoms with Crippen molar-refractivity contribution >= 4 is 11.6 Å². The van der Waals surface area contributed by atoms with E-state index in [1.807, 2.05) is 24.3 Å². The zero-order chi connectivity index (χ0) is 13.0. The zero-order valence-corrected chi connectivity index (χ0v) is 11.7. The van der Waals surface area contributed by atoms with Gasteiger partial charge in [0.15, 0.2) is 0 Å². The third-order valence-electron chi connectivity index (χ3n) is 3.75. The van der Waals surface area contributed by atoms with E-state index in [4.69, 9.17) is 22.1 Å². The van der Waals surface area contributed by atoms with Crippen LogP contribution in [0.3, 0.4) is 0 Å². The summed E-state index contributed by atoms with van der Waals surface area (Å²) >= 11 is 5.87. The van der Waals surface area contributed by atoms with Crippen LogP contribution in [0.1, 0.15) is 39.0 Å². The Bertz CT molecular complexity index is 365. The summed E-state index contributed by atoms with van der Waals surface area (Å²) in [5.74, 6) is 1.64. The highest BCUT2D eigenvalue weighted by molar-refractivity contribution is 6.30. The third kappa shape index (κ3) is 3.63. The van der Waals surface area contributed by atoms with Gasteiger partial charge < -0.3 is 10.5 Å². The molecule has 1 aromatic rings. The average molecular weight is 268 g/mol. The molecule has 0 aromatic heterocycles. The second-order valence-corrected chi connectivity index (χ2v) is 5.68. The predicted octanol–water partition coefficient (Wildman–Crippen LogP) is 4.01. The largest absolute Gasteiger partial charge is 0.489 e. The van der Waals surface area contributed by atoms with E-state index in [0.29, 0.717) is 0 Å². The molecule has 1 aliphatic rings. The smallest absolute Gasteiger partial charge is 0.119 e. The number of hydrogen-bond donors (Lipinski definition) is 1. The second-order valence-electron chi connectivity index (χ2n) is 5.24. The van der Waals surface area contributed by atoms with Crippen molar-refractivity contribution in [1.29, 1.82) is 0 Å². The molecule has 2 N–H and O–H groups in total. The molecule has 2 nitrogen and oxygen atoms in total. The van der Waals surface area contributed by atoms with Crippen LogP contribution in [-0.2, 0) is 0 Å². The Morgan fingerprint density at radius 1 is 1.28 bits per heavy atom. The van der Waals surface area contributed by atoms with Gasteiger partial charge in [0.25, 0.3) is 0 Å². The van der Waals surface area contributed by atoms with Gasteiger partial charge in [0.05, 0.1) is 0 Å². The maximum absolute atomic E-state index is 6.16. The van der Waals surface area contributed by atoms with Crippen LogP contribution in [0, 0.1) is 5.92 Å². The van der Waals surface area contributed by atoms with Crippen molar-refractivity contribution in [1.82, 2.24) is 0 Å². The van der Waals surface area contributed by atoms with Crippen molar-refractivity contribution in [3.05, 3.63) is 29.3 Å². The highest BCUT2D eigenvalue weighted by Crippen LogP contribution is 2.30. The molecule has 2 rings (SSSR count). The van der Waals surface area contributed by atoms with Crippen LogP contribution in [0.2, 0.25) is 5.02 Å². The first kappa shape index (κ1) is 13.7. The summed E-state index contributed by atoms with van der Waals surface area (Å²) in [7, 11) is 0. The summed E-state index contributed by atoms with van der Waals surface area (Å²) in [5.41, 5.74) is 6.16. The summed E-state index contributed by atoms with van der Waals surface area (Å²) in [4.78, 5) is 0. The molecule has 0 amide bonds. The fourth-order valence-corrected chi connectivity index (χ4v) is 2.86. The highest BCUT2D eigenvalue weighted by Gasteiger charge is 2.29. The fraction of sp³-hybridized carbons (Fsp3) is 0.600. The Hall–Kier alpha value is -0.730. The predicted molar refractivity (Wildman–Crippen MR) is 76.1 cm³/mol. The maximum atomic E-state index is 6.16. The molecule has 100 valence electrons. The Morgan fingerprint density at radius 3 is 2.67 bits per heavy atom. The van der Waals surface area contributed by atoms with Crippen LogP contribution in [0.25, 0.3) is 0 Å². The van der Waals surface area contributed by atoms with Gasteiger partial charge in [-0.2, -0.15) is 0 Å². The number of ether oxygens (including phenoxy) is 1. The minimum atomic E-state index is 0.150. The Kier molecular flexibility index (Phi) is 4.90. The molecule has 3 unspecified atom stereocenters. The van der Waals surface area contributed by atoms with Gasteiger partial charge in [0.1, 0.15) is 11.9 Å². The van der Waals surface area contributed by atoms with Crippen molar-refractivity contribution in [2.45, 2.75) is 51.2 Å². The zero-order valence-electron chi connectivity index (χ0n) is 10.9. The van der Waals surface area contributed by atoms with Crippen molar-refractivity contribution in [3.8, 4) is 5.75 Å². The Labute approximate surface area is 114 Å². The Balaban J connectivity index is 1.95. The third-order valence-corrected chi connectivity index (χ3v) is 4.00. The van der Waals surface area contributed by atoms with E-state index >= 15 is 0 Å². The average Bonchev–Trinajstić information content (AvgIpc) is 2.36. The summed E-state index contributed by atoms with van der Waals surface area (Å²) in [6.07, 6.45) is 6.08. The molecule has 0 spiro atoms. The lowest BCUT2D eigenvalue weighted by Gasteiger charge is -2.34. The first-order valence-corrected chi connectivity index (χ1v) is 7.24. The molecule has 18 heavy (non-hydrogen) atoms. The lowest BCUT2D eigenvalue weighted by Crippen LogP contribution is -2.43. The van der Waals surface area contributed by atoms with Gasteiger partial charge in [-0.15, -0.1) is 0 Å². The molecule has 1 aliphatic carbocycles. The van der Waals surface area contributed by atoms with E-state index in [-0.39, 0.29) is 12.1 Å². The van der Waals surface area contributed by atoms with Crippen molar-refractivity contribution in [2.75, 3.05) is 0 Å². The van der Waals surface area contributed by atoms with Crippen LogP contribution in [0.5, 0.6) is 5.75 Å². The van der Waals surface area contributed by atoms with Gasteiger partial charge in [0, 0.05) is 11.1 Å². The van der Waals surface area contributed by atoms with Gasteiger partial charge in [0.2, 0.25) is 0 Å². The summed E-state index contributed by atoms with van der Waals surface area (Å²) in [6.45, 7) is 2.24. The summed E-state index contributed by atoms with van der Waals surface area (Å²) < 4.78 is 6.02. The van der Waals surface area contributed by atoms with Crippen LogP contribution >= 0.6 is 11.6 Å². The van der Waals surface area contributed by atoms with E-state index < -0.39 is 0 Å². The molecule has 0 bridgehead atoms. The minimum Gasteiger partial charge on any atom is -0.489 e. The van der Waals surface area contributed by atoms with Crippen molar-refractivity contribution < 1.29 is 4.74 Å². The van der Waals surface area contributed by atoms with Crippen LogP contribution in [-0.4, -0.2) is 12.1 Å². The molecule has 1 aromatic carbocycles. The maximum Gasteiger partial charge on any atom is 0.119 e. The molecule has 1 fully saturated rings. The molecular formula is C15H22ClNO. The molecular weight excluding hydrogens is 246 g/mol. The lowest BCUT2D eigenvalue weighted by molar-refractivity contribution is 0.0993. The summed E-state index contributed by atoms with van der Waals surface area (Å²) in [6, 6.07) is 7.70. The van der Waals surface area contributed by atoms with Crippen LogP contribution in [0.15, 0.2) is 24.3 Å². The van der Waals surface area contributed by atoms with Crippen molar-refractivity contribution in [3.63, 3.8) is 0 Å². The lowest BCUT2D eigenvalue weighted by atomic mass is 9.82. The standard InChI is InChI=1S/C15H22ClNO/c1-2-3-11-4-9-14(17)15(10-11)18-13-7-5-12(16)6-8-13/h5-8,11,14-15H,2-4,9-10,17H2,1H3. The first-order chi connectivity index (χ1) is 8.69. The monoisotopic (exact) mass is 267 g/mol. The molecule has 0 aliphatic heterocycles. The topological polar surface area (TPSA) is 35.2 Å². The van der Waals surface area contributed by atoms with Crippen LogP contribution in [0.4, 0.5) is 0 Å². The van der Waals surface area contributed by atoms with E-state index in [1.54, 1.807) is 0 Å². The SMILES string of the molecule is CCCC1CCC(N)C(Oc2ccc(Cl)cc2)C1. The van der Waals surface area contributed by atoms with E-state index in [9.17, 15) is 0 Å². The van der Waals surface area contributed by atoms with E-state index in [0.717, 1.165) is 29.5 Å². The van der Waals surface area contributed by atoms with Gasteiger partial charge in [-0.3, -0.25) is 0 Å².